The van der Waals surface area contributed by atoms with Crippen LogP contribution in [0.25, 0.3) is 0 Å². The minimum absolute atomic E-state index is 0.101. The molecule has 1 fully saturated rings. The number of rotatable bonds is 4. The Morgan fingerprint density at radius 3 is 2.73 bits per heavy atom. The molecule has 1 rings (SSSR count). The predicted molar refractivity (Wildman–Crippen MR) is 59.9 cm³/mol. The molecule has 1 saturated heterocycles. The third-order valence-electron chi connectivity index (χ3n) is 3.16. The van der Waals surface area contributed by atoms with Crippen LogP contribution >= 0.6 is 0 Å². The molecule has 1 heterocycles. The molecule has 1 aliphatic heterocycles. The summed E-state index contributed by atoms with van der Waals surface area (Å²) in [6.07, 6.45) is 0.755. The van der Waals surface area contributed by atoms with Gasteiger partial charge in [-0.1, -0.05) is 6.92 Å². The predicted octanol–water partition coefficient (Wildman–Crippen LogP) is 0.779. The molecule has 0 aromatic carbocycles. The van der Waals surface area contributed by atoms with Crippen molar-refractivity contribution >= 4 is 5.97 Å². The first-order valence-electron chi connectivity index (χ1n) is 5.76. The minimum Gasteiger partial charge on any atom is -0.481 e. The quantitative estimate of drug-likeness (QED) is 0.726. The van der Waals surface area contributed by atoms with E-state index in [2.05, 4.69) is 24.1 Å². The number of nitrogens with zero attached hydrogens (tertiary/aromatic N) is 1. The number of aliphatic carboxylic acids is 1. The molecule has 4 heteroatoms. The van der Waals surface area contributed by atoms with Crippen molar-refractivity contribution in [2.75, 3.05) is 19.6 Å². The summed E-state index contributed by atoms with van der Waals surface area (Å²) in [5.41, 5.74) is 0. The van der Waals surface area contributed by atoms with E-state index >= 15 is 0 Å². The molecule has 0 aliphatic carbocycles. The Hall–Kier alpha value is -0.610. The van der Waals surface area contributed by atoms with E-state index in [9.17, 15) is 4.79 Å². The van der Waals surface area contributed by atoms with E-state index in [-0.39, 0.29) is 12.0 Å². The van der Waals surface area contributed by atoms with Crippen LogP contribution in [0, 0.1) is 5.92 Å². The summed E-state index contributed by atoms with van der Waals surface area (Å²) in [5.74, 6) is -0.885. The van der Waals surface area contributed by atoms with Gasteiger partial charge in [0.1, 0.15) is 0 Å². The number of piperidine rings is 1. The molecule has 88 valence electrons. The standard InChI is InChI=1S/C11H22N2O2/c1-4-12-10-7-13(8(2)3)6-5-9(10)11(14)15/h8-10,12H,4-7H2,1-3H3,(H,14,15). The summed E-state index contributed by atoms with van der Waals surface area (Å²) in [5, 5.41) is 12.4. The van der Waals surface area contributed by atoms with Gasteiger partial charge < -0.3 is 10.4 Å². The van der Waals surface area contributed by atoms with E-state index in [1.807, 2.05) is 6.92 Å². The van der Waals surface area contributed by atoms with Gasteiger partial charge in [0.05, 0.1) is 5.92 Å². The topological polar surface area (TPSA) is 52.6 Å². The summed E-state index contributed by atoms with van der Waals surface area (Å²) in [4.78, 5) is 13.4. The molecule has 0 spiro atoms. The number of hydrogen-bond acceptors (Lipinski definition) is 3. The SMILES string of the molecule is CCNC1CN(C(C)C)CCC1C(=O)O. The number of carbonyl (C=O) groups is 1. The molecule has 15 heavy (non-hydrogen) atoms. The highest BCUT2D eigenvalue weighted by Gasteiger charge is 2.34. The average molecular weight is 214 g/mol. The molecule has 2 N–H and O–H groups in total. The van der Waals surface area contributed by atoms with E-state index in [0.29, 0.717) is 6.04 Å². The van der Waals surface area contributed by atoms with Crippen LogP contribution in [0.2, 0.25) is 0 Å². The van der Waals surface area contributed by atoms with Crippen molar-refractivity contribution in [2.45, 2.75) is 39.3 Å². The summed E-state index contributed by atoms with van der Waals surface area (Å²) in [6.45, 7) is 8.92. The van der Waals surface area contributed by atoms with E-state index in [0.717, 1.165) is 26.1 Å². The number of nitrogens with one attached hydrogen (secondary N) is 1. The van der Waals surface area contributed by atoms with Gasteiger partial charge in [-0.3, -0.25) is 9.69 Å². The van der Waals surface area contributed by atoms with Crippen molar-refractivity contribution in [1.29, 1.82) is 0 Å². The van der Waals surface area contributed by atoms with Gasteiger partial charge in [0.25, 0.3) is 0 Å². The maximum absolute atomic E-state index is 11.1. The highest BCUT2D eigenvalue weighted by atomic mass is 16.4. The molecule has 0 bridgehead atoms. The lowest BCUT2D eigenvalue weighted by molar-refractivity contribution is -0.144. The molecular weight excluding hydrogens is 192 g/mol. The number of carboxylic acid groups (broad SMARTS) is 1. The monoisotopic (exact) mass is 214 g/mol. The van der Waals surface area contributed by atoms with Gasteiger partial charge in [0, 0.05) is 18.6 Å². The largest absolute Gasteiger partial charge is 0.481 e. The Labute approximate surface area is 91.6 Å². The molecule has 0 saturated carbocycles. The van der Waals surface area contributed by atoms with Crippen LogP contribution in [0.15, 0.2) is 0 Å². The first kappa shape index (κ1) is 12.5. The van der Waals surface area contributed by atoms with E-state index < -0.39 is 5.97 Å². The first-order chi connectivity index (χ1) is 7.06. The molecule has 0 amide bonds. The minimum atomic E-state index is -0.663. The van der Waals surface area contributed by atoms with Gasteiger partial charge in [0.2, 0.25) is 0 Å². The molecule has 0 radical (unpaired) electrons. The second-order valence-electron chi connectivity index (χ2n) is 4.49. The first-order valence-corrected chi connectivity index (χ1v) is 5.76. The highest BCUT2D eigenvalue weighted by molar-refractivity contribution is 5.71. The second kappa shape index (κ2) is 5.47. The third kappa shape index (κ3) is 3.18. The Kier molecular flexibility index (Phi) is 4.54. The second-order valence-corrected chi connectivity index (χ2v) is 4.49. The fraction of sp³-hybridized carbons (Fsp3) is 0.909. The van der Waals surface area contributed by atoms with Gasteiger partial charge in [-0.25, -0.2) is 0 Å². The number of hydrogen-bond donors (Lipinski definition) is 2. The summed E-state index contributed by atoms with van der Waals surface area (Å²) < 4.78 is 0. The molecule has 2 atom stereocenters. The van der Waals surface area contributed by atoms with Crippen molar-refractivity contribution in [1.82, 2.24) is 10.2 Å². The van der Waals surface area contributed by atoms with Crippen LogP contribution in [0.5, 0.6) is 0 Å². The lowest BCUT2D eigenvalue weighted by Gasteiger charge is -2.39. The van der Waals surface area contributed by atoms with E-state index in [1.54, 1.807) is 0 Å². The van der Waals surface area contributed by atoms with Crippen molar-refractivity contribution in [3.05, 3.63) is 0 Å². The van der Waals surface area contributed by atoms with Gasteiger partial charge in [-0.05, 0) is 33.4 Å². The van der Waals surface area contributed by atoms with E-state index in [4.69, 9.17) is 5.11 Å². The Bertz CT molecular complexity index is 219. The molecule has 4 nitrogen and oxygen atoms in total. The Morgan fingerprint density at radius 1 is 1.60 bits per heavy atom. The molecule has 0 aromatic heterocycles. The summed E-state index contributed by atoms with van der Waals surface area (Å²) in [6, 6.07) is 0.601. The number of likely N-dealkylation sites (N-methyl/N-ethyl adjacent to an activating group) is 1. The van der Waals surface area contributed by atoms with Crippen molar-refractivity contribution < 1.29 is 9.90 Å². The summed E-state index contributed by atoms with van der Waals surface area (Å²) >= 11 is 0. The van der Waals surface area contributed by atoms with Crippen LogP contribution in [0.3, 0.4) is 0 Å². The van der Waals surface area contributed by atoms with Gasteiger partial charge in [-0.15, -0.1) is 0 Å². The molecule has 0 aromatic rings. The maximum Gasteiger partial charge on any atom is 0.308 e. The van der Waals surface area contributed by atoms with Crippen LogP contribution < -0.4 is 5.32 Å². The Balaban J connectivity index is 2.60. The van der Waals surface area contributed by atoms with Crippen LogP contribution in [-0.2, 0) is 4.79 Å². The van der Waals surface area contributed by atoms with Crippen LogP contribution in [0.1, 0.15) is 27.2 Å². The number of carboxylic acids is 1. The molecular formula is C11H22N2O2. The van der Waals surface area contributed by atoms with Crippen LogP contribution in [-0.4, -0.2) is 47.7 Å². The third-order valence-corrected chi connectivity index (χ3v) is 3.16. The lowest BCUT2D eigenvalue weighted by atomic mass is 9.91. The van der Waals surface area contributed by atoms with Gasteiger partial charge >= 0.3 is 5.97 Å². The Morgan fingerprint density at radius 2 is 2.27 bits per heavy atom. The zero-order valence-corrected chi connectivity index (χ0v) is 9.86. The highest BCUT2D eigenvalue weighted by Crippen LogP contribution is 2.19. The maximum atomic E-state index is 11.1. The lowest BCUT2D eigenvalue weighted by Crippen LogP contribution is -2.54. The smallest absolute Gasteiger partial charge is 0.308 e. The molecule has 2 unspecified atom stereocenters. The zero-order valence-electron chi connectivity index (χ0n) is 9.86. The summed E-state index contributed by atoms with van der Waals surface area (Å²) in [7, 11) is 0. The van der Waals surface area contributed by atoms with Crippen molar-refractivity contribution in [3.8, 4) is 0 Å². The van der Waals surface area contributed by atoms with Gasteiger partial charge in [0.15, 0.2) is 0 Å². The fourth-order valence-corrected chi connectivity index (χ4v) is 2.21. The van der Waals surface area contributed by atoms with Crippen molar-refractivity contribution in [3.63, 3.8) is 0 Å². The fourth-order valence-electron chi connectivity index (χ4n) is 2.21. The van der Waals surface area contributed by atoms with Crippen LogP contribution in [0.4, 0.5) is 0 Å². The average Bonchev–Trinajstić information content (AvgIpc) is 2.17. The normalized spacial score (nSPS) is 28.3. The van der Waals surface area contributed by atoms with E-state index in [1.165, 1.54) is 0 Å². The molecule has 1 aliphatic rings. The van der Waals surface area contributed by atoms with Gasteiger partial charge in [-0.2, -0.15) is 0 Å². The van der Waals surface area contributed by atoms with Crippen molar-refractivity contribution in [2.24, 2.45) is 5.92 Å². The zero-order chi connectivity index (χ0) is 11.4. The number of likely N-dealkylation sites (tertiary alicyclic amines) is 1.